The van der Waals surface area contributed by atoms with E-state index in [1.807, 2.05) is 0 Å². The van der Waals surface area contributed by atoms with E-state index in [9.17, 15) is 19.7 Å². The SMILES string of the molecule is O=C1CCCN1C(=O)c1ccc(Br)c([N+](=O)[O-])c1. The zero-order chi connectivity index (χ0) is 13.3. The van der Waals surface area contributed by atoms with Crippen LogP contribution < -0.4 is 0 Å². The van der Waals surface area contributed by atoms with Crippen molar-refractivity contribution >= 4 is 33.4 Å². The summed E-state index contributed by atoms with van der Waals surface area (Å²) in [5.41, 5.74) is -0.0346. The highest BCUT2D eigenvalue weighted by Crippen LogP contribution is 2.26. The van der Waals surface area contributed by atoms with Gasteiger partial charge in [-0.25, -0.2) is 0 Å². The highest BCUT2D eigenvalue weighted by Gasteiger charge is 2.28. The van der Waals surface area contributed by atoms with Crippen molar-refractivity contribution in [2.75, 3.05) is 6.54 Å². The fourth-order valence-electron chi connectivity index (χ4n) is 1.80. The Morgan fingerprint density at radius 2 is 2.17 bits per heavy atom. The predicted octanol–water partition coefficient (Wildman–Crippen LogP) is 2.12. The Bertz CT molecular complexity index is 544. The first-order chi connectivity index (χ1) is 8.50. The highest BCUT2D eigenvalue weighted by atomic mass is 79.9. The van der Waals surface area contributed by atoms with Gasteiger partial charge < -0.3 is 0 Å². The quantitative estimate of drug-likeness (QED) is 0.476. The number of nitrogens with zero attached hydrogens (tertiary/aromatic N) is 2. The van der Waals surface area contributed by atoms with Crippen molar-refractivity contribution in [3.05, 3.63) is 38.3 Å². The molecule has 1 aromatic carbocycles. The molecule has 1 fully saturated rings. The first-order valence-corrected chi connectivity index (χ1v) is 6.08. The van der Waals surface area contributed by atoms with Gasteiger partial charge in [0, 0.05) is 24.6 Å². The molecule has 0 aromatic heterocycles. The summed E-state index contributed by atoms with van der Waals surface area (Å²) in [6, 6.07) is 4.08. The van der Waals surface area contributed by atoms with Crippen LogP contribution in [0.3, 0.4) is 0 Å². The zero-order valence-electron chi connectivity index (χ0n) is 9.26. The Morgan fingerprint density at radius 3 is 2.72 bits per heavy atom. The summed E-state index contributed by atoms with van der Waals surface area (Å²) >= 11 is 3.04. The van der Waals surface area contributed by atoms with Gasteiger partial charge in [0.2, 0.25) is 5.91 Å². The number of carbonyl (C=O) groups excluding carboxylic acids is 2. The lowest BCUT2D eigenvalue weighted by Crippen LogP contribution is -2.31. The van der Waals surface area contributed by atoms with Gasteiger partial charge in [-0.3, -0.25) is 24.6 Å². The molecule has 0 spiro atoms. The smallest absolute Gasteiger partial charge is 0.278 e. The van der Waals surface area contributed by atoms with E-state index in [4.69, 9.17) is 0 Å². The maximum absolute atomic E-state index is 12.0. The van der Waals surface area contributed by atoms with Crippen molar-refractivity contribution < 1.29 is 14.5 Å². The molecule has 0 atom stereocenters. The summed E-state index contributed by atoms with van der Waals surface area (Å²) < 4.78 is 0.303. The Balaban J connectivity index is 2.34. The van der Waals surface area contributed by atoms with Crippen LogP contribution in [0.1, 0.15) is 23.2 Å². The average molecular weight is 313 g/mol. The number of benzene rings is 1. The standard InChI is InChI=1S/C11H9BrN2O4/c12-8-4-3-7(6-9(8)14(17)18)11(16)13-5-1-2-10(13)15/h3-4,6H,1-2,5H2. The maximum atomic E-state index is 12.0. The van der Waals surface area contributed by atoms with Crippen LogP contribution in [-0.4, -0.2) is 28.2 Å². The topological polar surface area (TPSA) is 80.5 Å². The third kappa shape index (κ3) is 2.26. The van der Waals surface area contributed by atoms with Crippen molar-refractivity contribution in [1.82, 2.24) is 4.90 Å². The van der Waals surface area contributed by atoms with Crippen LogP contribution in [0.2, 0.25) is 0 Å². The van der Waals surface area contributed by atoms with Gasteiger partial charge in [0.25, 0.3) is 11.6 Å². The number of nitro groups is 1. The van der Waals surface area contributed by atoms with Gasteiger partial charge in [-0.15, -0.1) is 0 Å². The molecule has 0 aliphatic carbocycles. The first-order valence-electron chi connectivity index (χ1n) is 5.29. The molecule has 0 radical (unpaired) electrons. The molecular weight excluding hydrogens is 304 g/mol. The van der Waals surface area contributed by atoms with E-state index in [-0.39, 0.29) is 17.2 Å². The van der Waals surface area contributed by atoms with E-state index >= 15 is 0 Å². The number of nitro benzene ring substituents is 1. The summed E-state index contributed by atoms with van der Waals surface area (Å²) in [5, 5.41) is 10.8. The third-order valence-corrected chi connectivity index (χ3v) is 3.38. The van der Waals surface area contributed by atoms with Crippen LogP contribution in [0, 0.1) is 10.1 Å². The lowest BCUT2D eigenvalue weighted by atomic mass is 10.2. The fourth-order valence-corrected chi connectivity index (χ4v) is 2.20. The molecule has 1 aromatic rings. The normalized spacial score (nSPS) is 14.9. The van der Waals surface area contributed by atoms with Crippen LogP contribution >= 0.6 is 15.9 Å². The minimum absolute atomic E-state index is 0.153. The maximum Gasteiger partial charge on any atom is 0.284 e. The molecule has 1 aliphatic heterocycles. The number of hydrogen-bond acceptors (Lipinski definition) is 4. The third-order valence-electron chi connectivity index (χ3n) is 2.71. The largest absolute Gasteiger partial charge is 0.284 e. The van der Waals surface area contributed by atoms with Gasteiger partial charge in [-0.05, 0) is 34.5 Å². The second-order valence-corrected chi connectivity index (χ2v) is 4.73. The number of likely N-dealkylation sites (tertiary alicyclic amines) is 1. The molecule has 7 heteroatoms. The molecule has 0 saturated carbocycles. The van der Waals surface area contributed by atoms with Gasteiger partial charge in [-0.1, -0.05) is 0 Å². The molecule has 1 saturated heterocycles. The average Bonchev–Trinajstić information content (AvgIpc) is 2.75. The van der Waals surface area contributed by atoms with Gasteiger partial charge in [0.05, 0.1) is 9.40 Å². The molecule has 18 heavy (non-hydrogen) atoms. The van der Waals surface area contributed by atoms with Gasteiger partial charge in [0.15, 0.2) is 0 Å². The monoisotopic (exact) mass is 312 g/mol. The van der Waals surface area contributed by atoms with Crippen molar-refractivity contribution in [3.8, 4) is 0 Å². The second kappa shape index (κ2) is 4.85. The van der Waals surface area contributed by atoms with Crippen LogP contribution in [0.5, 0.6) is 0 Å². The van der Waals surface area contributed by atoms with E-state index in [1.165, 1.54) is 18.2 Å². The molecule has 0 bridgehead atoms. The van der Waals surface area contributed by atoms with Gasteiger partial charge in [-0.2, -0.15) is 0 Å². The van der Waals surface area contributed by atoms with Gasteiger partial charge >= 0.3 is 0 Å². The molecular formula is C11H9BrN2O4. The van der Waals surface area contributed by atoms with Crippen LogP contribution in [0.25, 0.3) is 0 Å². The van der Waals surface area contributed by atoms with E-state index in [0.29, 0.717) is 23.9 Å². The number of hydrogen-bond donors (Lipinski definition) is 0. The lowest BCUT2D eigenvalue weighted by Gasteiger charge is -2.13. The molecule has 6 nitrogen and oxygen atoms in total. The molecule has 0 unspecified atom stereocenters. The molecule has 0 N–H and O–H groups in total. The van der Waals surface area contributed by atoms with Crippen molar-refractivity contribution in [3.63, 3.8) is 0 Å². The van der Waals surface area contributed by atoms with Crippen molar-refractivity contribution in [2.45, 2.75) is 12.8 Å². The summed E-state index contributed by atoms with van der Waals surface area (Å²) in [6.07, 6.45) is 0.994. The van der Waals surface area contributed by atoms with E-state index < -0.39 is 10.8 Å². The summed E-state index contributed by atoms with van der Waals surface area (Å²) in [6.45, 7) is 0.377. The van der Waals surface area contributed by atoms with E-state index in [0.717, 1.165) is 4.90 Å². The van der Waals surface area contributed by atoms with Gasteiger partial charge in [0.1, 0.15) is 0 Å². The molecule has 1 heterocycles. The Morgan fingerprint density at radius 1 is 1.44 bits per heavy atom. The zero-order valence-corrected chi connectivity index (χ0v) is 10.8. The minimum Gasteiger partial charge on any atom is -0.278 e. The van der Waals surface area contributed by atoms with Crippen LogP contribution in [0.15, 0.2) is 22.7 Å². The molecule has 2 rings (SSSR count). The number of imide groups is 1. The summed E-state index contributed by atoms with van der Waals surface area (Å²) in [4.78, 5) is 34.8. The first kappa shape index (κ1) is 12.7. The summed E-state index contributed by atoms with van der Waals surface area (Å²) in [5.74, 6) is -0.710. The highest BCUT2D eigenvalue weighted by molar-refractivity contribution is 9.10. The van der Waals surface area contributed by atoms with Crippen LogP contribution in [0.4, 0.5) is 5.69 Å². The Kier molecular flexibility index (Phi) is 3.42. The number of amides is 2. The molecule has 1 aliphatic rings. The molecule has 2 amide bonds. The number of halogens is 1. The fraction of sp³-hybridized carbons (Fsp3) is 0.273. The molecule has 94 valence electrons. The van der Waals surface area contributed by atoms with Crippen LogP contribution in [-0.2, 0) is 4.79 Å². The Hall–Kier alpha value is -1.76. The lowest BCUT2D eigenvalue weighted by molar-refractivity contribution is -0.385. The minimum atomic E-state index is -0.577. The van der Waals surface area contributed by atoms with Crippen molar-refractivity contribution in [2.24, 2.45) is 0 Å². The Labute approximate surface area is 111 Å². The predicted molar refractivity (Wildman–Crippen MR) is 66.1 cm³/mol. The van der Waals surface area contributed by atoms with Crippen molar-refractivity contribution in [1.29, 1.82) is 0 Å². The van der Waals surface area contributed by atoms with E-state index in [1.54, 1.807) is 0 Å². The number of rotatable bonds is 2. The van der Waals surface area contributed by atoms with E-state index in [2.05, 4.69) is 15.9 Å². The summed E-state index contributed by atoms with van der Waals surface area (Å²) in [7, 11) is 0. The second-order valence-electron chi connectivity index (χ2n) is 3.88. The number of carbonyl (C=O) groups is 2.